The molecule has 0 bridgehead atoms. The first-order valence-corrected chi connectivity index (χ1v) is 5.90. The van der Waals surface area contributed by atoms with Gasteiger partial charge in [0.25, 0.3) is 5.69 Å². The van der Waals surface area contributed by atoms with Crippen LogP contribution in [0.25, 0.3) is 0 Å². The van der Waals surface area contributed by atoms with Crippen LogP contribution in [0.2, 0.25) is 0 Å². The van der Waals surface area contributed by atoms with E-state index in [0.29, 0.717) is 30.6 Å². The van der Waals surface area contributed by atoms with Crippen molar-refractivity contribution in [3.05, 3.63) is 45.6 Å². The first kappa shape index (κ1) is 13.9. The number of nitrogens with zero attached hydrogens (tertiary/aromatic N) is 3. The Balaban J connectivity index is 2.01. The molecular weight excluding hydrogens is 264 g/mol. The minimum Gasteiger partial charge on any atom is -0.496 e. The Morgan fingerprint density at radius 3 is 2.80 bits per heavy atom. The van der Waals surface area contributed by atoms with Crippen LogP contribution in [0.4, 0.5) is 5.69 Å². The molecule has 1 N–H and O–H groups in total. The van der Waals surface area contributed by atoms with E-state index in [9.17, 15) is 10.1 Å². The van der Waals surface area contributed by atoms with Crippen LogP contribution in [-0.4, -0.2) is 22.2 Å². The summed E-state index contributed by atoms with van der Waals surface area (Å²) in [5, 5.41) is 17.6. The summed E-state index contributed by atoms with van der Waals surface area (Å²) in [4.78, 5) is 14.4. The number of aromatic nitrogens is 2. The summed E-state index contributed by atoms with van der Waals surface area (Å²) in [7, 11) is 1.47. The van der Waals surface area contributed by atoms with Gasteiger partial charge in [-0.1, -0.05) is 5.16 Å². The minimum atomic E-state index is -0.451. The second kappa shape index (κ2) is 6.11. The molecule has 1 heterocycles. The first-order valence-electron chi connectivity index (χ1n) is 5.90. The van der Waals surface area contributed by atoms with Crippen molar-refractivity contribution < 1.29 is 14.2 Å². The smallest absolute Gasteiger partial charge is 0.273 e. The summed E-state index contributed by atoms with van der Waals surface area (Å²) in [5.41, 5.74) is 0.738. The first-order chi connectivity index (χ1) is 9.58. The van der Waals surface area contributed by atoms with E-state index >= 15 is 0 Å². The van der Waals surface area contributed by atoms with Gasteiger partial charge in [-0.05, 0) is 18.6 Å². The number of hydrogen-bond donors (Lipinski definition) is 1. The lowest BCUT2D eigenvalue weighted by Crippen LogP contribution is -2.13. The highest BCUT2D eigenvalue weighted by Gasteiger charge is 2.10. The Hall–Kier alpha value is -2.48. The number of nitro groups is 1. The van der Waals surface area contributed by atoms with E-state index in [2.05, 4.69) is 15.5 Å². The third-order valence-corrected chi connectivity index (χ3v) is 2.57. The molecule has 2 aromatic rings. The van der Waals surface area contributed by atoms with E-state index in [1.807, 2.05) is 0 Å². The van der Waals surface area contributed by atoms with E-state index in [-0.39, 0.29) is 5.69 Å². The van der Waals surface area contributed by atoms with Crippen molar-refractivity contribution in [1.82, 2.24) is 15.5 Å². The zero-order valence-electron chi connectivity index (χ0n) is 11.1. The Morgan fingerprint density at radius 2 is 2.20 bits per heavy atom. The summed E-state index contributed by atoms with van der Waals surface area (Å²) in [6.07, 6.45) is 0. The predicted octanol–water partition coefficient (Wildman–Crippen LogP) is 1.58. The molecule has 0 saturated heterocycles. The molecule has 20 heavy (non-hydrogen) atoms. The monoisotopic (exact) mass is 278 g/mol. The van der Waals surface area contributed by atoms with Gasteiger partial charge in [0.15, 0.2) is 5.82 Å². The van der Waals surface area contributed by atoms with Crippen LogP contribution >= 0.6 is 0 Å². The van der Waals surface area contributed by atoms with Crippen LogP contribution in [0.5, 0.6) is 5.75 Å². The molecule has 1 aromatic carbocycles. The van der Waals surface area contributed by atoms with Crippen LogP contribution in [0.3, 0.4) is 0 Å². The van der Waals surface area contributed by atoms with Crippen molar-refractivity contribution in [1.29, 1.82) is 0 Å². The van der Waals surface area contributed by atoms with Gasteiger partial charge in [-0.25, -0.2) is 0 Å². The number of rotatable bonds is 6. The molecule has 0 radical (unpaired) electrons. The van der Waals surface area contributed by atoms with Crippen molar-refractivity contribution in [2.75, 3.05) is 7.11 Å². The largest absolute Gasteiger partial charge is 0.496 e. The van der Waals surface area contributed by atoms with Crippen molar-refractivity contribution in [2.45, 2.75) is 20.0 Å². The number of aryl methyl sites for hydroxylation is 1. The van der Waals surface area contributed by atoms with E-state index in [1.54, 1.807) is 13.0 Å². The molecule has 0 saturated carbocycles. The highest BCUT2D eigenvalue weighted by Crippen LogP contribution is 2.22. The maximum atomic E-state index is 10.8. The molecule has 0 aliphatic heterocycles. The number of nitrogens with one attached hydrogen (secondary N) is 1. The zero-order valence-corrected chi connectivity index (χ0v) is 11.1. The Kier molecular flexibility index (Phi) is 4.26. The predicted molar refractivity (Wildman–Crippen MR) is 69.2 cm³/mol. The van der Waals surface area contributed by atoms with Crippen LogP contribution in [0.15, 0.2) is 22.7 Å². The highest BCUT2D eigenvalue weighted by atomic mass is 16.6. The van der Waals surface area contributed by atoms with Crippen LogP contribution < -0.4 is 10.1 Å². The van der Waals surface area contributed by atoms with Gasteiger partial charge in [-0.2, -0.15) is 4.98 Å². The van der Waals surface area contributed by atoms with Gasteiger partial charge in [-0.3, -0.25) is 10.1 Å². The highest BCUT2D eigenvalue weighted by molar-refractivity contribution is 5.42. The zero-order chi connectivity index (χ0) is 14.5. The van der Waals surface area contributed by atoms with Gasteiger partial charge in [0, 0.05) is 12.6 Å². The fourth-order valence-corrected chi connectivity index (χ4v) is 1.69. The number of non-ortho nitro benzene ring substituents is 1. The summed E-state index contributed by atoms with van der Waals surface area (Å²) < 4.78 is 9.99. The average Bonchev–Trinajstić information content (AvgIpc) is 2.84. The molecule has 2 rings (SSSR count). The van der Waals surface area contributed by atoms with Crippen LogP contribution in [-0.2, 0) is 13.1 Å². The SMILES string of the molecule is COc1cc(CNCc2nc(C)no2)cc([N+](=O)[O-])c1. The molecule has 0 atom stereocenters. The molecule has 0 amide bonds. The lowest BCUT2D eigenvalue weighted by Gasteiger charge is -2.05. The van der Waals surface area contributed by atoms with Crippen molar-refractivity contribution in [2.24, 2.45) is 0 Å². The van der Waals surface area contributed by atoms with Gasteiger partial charge >= 0.3 is 0 Å². The molecule has 0 unspecified atom stereocenters. The number of benzene rings is 1. The summed E-state index contributed by atoms with van der Waals surface area (Å²) >= 11 is 0. The molecule has 8 heteroatoms. The van der Waals surface area contributed by atoms with Crippen molar-refractivity contribution in [3.8, 4) is 5.75 Å². The van der Waals surface area contributed by atoms with Crippen molar-refractivity contribution in [3.63, 3.8) is 0 Å². The van der Waals surface area contributed by atoms with Gasteiger partial charge in [0.2, 0.25) is 5.89 Å². The second-order valence-corrected chi connectivity index (χ2v) is 4.14. The normalized spacial score (nSPS) is 10.5. The van der Waals surface area contributed by atoms with Gasteiger partial charge in [0.05, 0.1) is 24.6 Å². The molecule has 0 aliphatic carbocycles. The summed E-state index contributed by atoms with van der Waals surface area (Å²) in [6.45, 7) is 2.56. The Morgan fingerprint density at radius 1 is 1.40 bits per heavy atom. The molecule has 1 aromatic heterocycles. The number of ether oxygens (including phenoxy) is 1. The maximum absolute atomic E-state index is 10.8. The Labute approximate surface area is 114 Å². The molecular formula is C12H14N4O4. The van der Waals surface area contributed by atoms with E-state index in [4.69, 9.17) is 9.26 Å². The maximum Gasteiger partial charge on any atom is 0.273 e. The quantitative estimate of drug-likeness (QED) is 0.632. The van der Waals surface area contributed by atoms with Crippen LogP contribution in [0.1, 0.15) is 17.3 Å². The number of methoxy groups -OCH3 is 1. The van der Waals surface area contributed by atoms with Gasteiger partial charge in [0.1, 0.15) is 5.75 Å². The summed E-state index contributed by atoms with van der Waals surface area (Å²) in [5.74, 6) is 1.49. The number of nitro benzene ring substituents is 1. The molecule has 0 fully saturated rings. The Bertz CT molecular complexity index is 611. The number of hydrogen-bond acceptors (Lipinski definition) is 7. The van der Waals surface area contributed by atoms with E-state index in [0.717, 1.165) is 5.56 Å². The van der Waals surface area contributed by atoms with E-state index < -0.39 is 4.92 Å². The fourth-order valence-electron chi connectivity index (χ4n) is 1.69. The minimum absolute atomic E-state index is 0.00483. The lowest BCUT2D eigenvalue weighted by atomic mass is 10.2. The third kappa shape index (κ3) is 3.51. The molecule has 0 spiro atoms. The van der Waals surface area contributed by atoms with Crippen molar-refractivity contribution >= 4 is 5.69 Å². The van der Waals surface area contributed by atoms with Gasteiger partial charge < -0.3 is 14.6 Å². The molecule has 106 valence electrons. The summed E-state index contributed by atoms with van der Waals surface area (Å²) in [6, 6.07) is 4.61. The average molecular weight is 278 g/mol. The fraction of sp³-hybridized carbons (Fsp3) is 0.333. The topological polar surface area (TPSA) is 103 Å². The van der Waals surface area contributed by atoms with E-state index in [1.165, 1.54) is 19.2 Å². The van der Waals surface area contributed by atoms with Gasteiger partial charge in [-0.15, -0.1) is 0 Å². The standard InChI is InChI=1S/C12H14N4O4/c1-8-14-12(20-15-8)7-13-6-9-3-10(16(17)18)5-11(4-9)19-2/h3-5,13H,6-7H2,1-2H3. The molecule has 0 aliphatic rings. The second-order valence-electron chi connectivity index (χ2n) is 4.14. The third-order valence-electron chi connectivity index (χ3n) is 2.57. The van der Waals surface area contributed by atoms with Crippen LogP contribution in [0, 0.1) is 17.0 Å². The molecule has 8 nitrogen and oxygen atoms in total. The lowest BCUT2D eigenvalue weighted by molar-refractivity contribution is -0.385.